The zero-order valence-electron chi connectivity index (χ0n) is 35.0. The Bertz CT molecular complexity index is 2600. The SMILES string of the molecule is CCCCOc1c(C(=O)O)c2sccc2n(CC2COc3ccccc3O2)c1=O.CCCCOc1c(C(=O)OCC)c2sccc2n(CC2COc3ccccc3O2)c1=O.[Na+].[OH-]. The smallest absolute Gasteiger partial charge is 0.870 e. The van der Waals surface area contributed by atoms with Crippen LogP contribution in [0.2, 0.25) is 0 Å². The van der Waals surface area contributed by atoms with Gasteiger partial charge in [0.2, 0.25) is 11.5 Å². The first-order valence-electron chi connectivity index (χ1n) is 19.9. The summed E-state index contributed by atoms with van der Waals surface area (Å²) >= 11 is 2.66. The molecule has 2 unspecified atom stereocenters. The number of hydrogen-bond acceptors (Lipinski definition) is 14. The number of benzene rings is 2. The Morgan fingerprint density at radius 3 is 1.56 bits per heavy atom. The third-order valence-corrected chi connectivity index (χ3v) is 11.6. The first-order valence-corrected chi connectivity index (χ1v) is 21.7. The maximum atomic E-state index is 13.5. The van der Waals surface area contributed by atoms with Gasteiger partial charge in [-0.2, -0.15) is 0 Å². The van der Waals surface area contributed by atoms with Crippen LogP contribution in [0.1, 0.15) is 67.2 Å². The van der Waals surface area contributed by atoms with Gasteiger partial charge < -0.3 is 52.9 Å². The van der Waals surface area contributed by atoms with Gasteiger partial charge in [-0.25, -0.2) is 9.59 Å². The van der Waals surface area contributed by atoms with Crippen molar-refractivity contribution in [3.05, 3.63) is 103 Å². The monoisotopic (exact) mass is 898 g/mol. The number of fused-ring (bicyclic) bond motifs is 4. The van der Waals surface area contributed by atoms with Gasteiger partial charge in [0.05, 0.1) is 53.3 Å². The normalized spacial score (nSPS) is 14.8. The first kappa shape index (κ1) is 48.0. The van der Waals surface area contributed by atoms with Crippen molar-refractivity contribution < 1.29 is 82.9 Å². The molecule has 6 aromatic rings. The molecule has 324 valence electrons. The fourth-order valence-electron chi connectivity index (χ4n) is 6.85. The van der Waals surface area contributed by atoms with Gasteiger partial charge in [0, 0.05) is 0 Å². The molecule has 4 aromatic heterocycles. The summed E-state index contributed by atoms with van der Waals surface area (Å²) < 4.78 is 44.6. The molecule has 6 heterocycles. The average molecular weight is 899 g/mol. The average Bonchev–Trinajstić information content (AvgIpc) is 3.95. The molecule has 0 saturated heterocycles. The Kier molecular flexibility index (Phi) is 17.3. The van der Waals surface area contributed by atoms with Crippen LogP contribution in [0.4, 0.5) is 0 Å². The molecule has 2 N–H and O–H groups in total. The number of rotatable bonds is 15. The molecule has 2 aromatic carbocycles. The molecule has 0 radical (unpaired) electrons. The molecule has 2 atom stereocenters. The standard InChI is InChI=1S/C23H25NO6S.C21H21NO6S.Na.H2O/c1-3-5-11-28-20-19(23(26)27-4-2)21-16(10-12-31-21)24(22(20)25)13-15-14-29-17-8-6-7-9-18(17)30-15;1-2-3-9-26-18-17(21(24)25)19-14(8-10-29-19)22(20(18)23)11-13-12-27-15-6-4-5-7-16(15)28-13;;/h6-10,12,15H,3-5,11,13-14H2,1-2H3;4-8,10,13H,2-3,9,11-12H2,1H3,(H,24,25);;1H2/q;;+1;/p-1. The minimum atomic E-state index is -1.17. The molecule has 2 aliphatic rings. The van der Waals surface area contributed by atoms with Gasteiger partial charge in [-0.15, -0.1) is 22.7 Å². The van der Waals surface area contributed by atoms with Crippen molar-refractivity contribution in [2.75, 3.05) is 33.0 Å². The molecular formula is C44H47N2NaO13S2. The molecule has 0 aliphatic carbocycles. The van der Waals surface area contributed by atoms with Crippen molar-refractivity contribution >= 4 is 55.0 Å². The number of ether oxygens (including phenoxy) is 7. The fourth-order valence-corrected chi connectivity index (χ4v) is 8.71. The Morgan fingerprint density at radius 2 is 1.13 bits per heavy atom. The van der Waals surface area contributed by atoms with Gasteiger partial charge in [-0.1, -0.05) is 51.0 Å². The van der Waals surface area contributed by atoms with Gasteiger partial charge in [-0.05, 0) is 66.9 Å². The van der Waals surface area contributed by atoms with E-state index in [1.807, 2.05) is 73.8 Å². The molecule has 18 heteroatoms. The van der Waals surface area contributed by atoms with E-state index in [0.717, 1.165) is 25.7 Å². The van der Waals surface area contributed by atoms with Crippen LogP contribution in [-0.4, -0.2) is 76.9 Å². The van der Waals surface area contributed by atoms with Crippen molar-refractivity contribution in [1.82, 2.24) is 9.13 Å². The summed E-state index contributed by atoms with van der Waals surface area (Å²) in [4.78, 5) is 51.3. The Balaban J connectivity index is 0.000000227. The van der Waals surface area contributed by atoms with Crippen LogP contribution in [0.25, 0.3) is 20.4 Å². The van der Waals surface area contributed by atoms with Gasteiger partial charge in [0.25, 0.3) is 11.1 Å². The van der Waals surface area contributed by atoms with Gasteiger partial charge in [0.1, 0.15) is 24.3 Å². The van der Waals surface area contributed by atoms with Gasteiger partial charge >= 0.3 is 41.5 Å². The van der Waals surface area contributed by atoms with Crippen LogP contribution in [-0.2, 0) is 17.8 Å². The molecule has 8 rings (SSSR count). The Labute approximate surface area is 387 Å². The summed E-state index contributed by atoms with van der Waals surface area (Å²) in [7, 11) is 0. The van der Waals surface area contributed by atoms with Crippen molar-refractivity contribution in [3.63, 3.8) is 0 Å². The molecule has 0 amide bonds. The van der Waals surface area contributed by atoms with E-state index in [1.54, 1.807) is 22.9 Å². The molecule has 0 saturated carbocycles. The van der Waals surface area contributed by atoms with Crippen LogP contribution in [0, 0.1) is 0 Å². The van der Waals surface area contributed by atoms with Crippen LogP contribution >= 0.6 is 22.7 Å². The van der Waals surface area contributed by atoms with E-state index < -0.39 is 17.5 Å². The van der Waals surface area contributed by atoms with Crippen molar-refractivity contribution in [1.29, 1.82) is 0 Å². The van der Waals surface area contributed by atoms with E-state index >= 15 is 0 Å². The molecule has 0 spiro atoms. The molecule has 15 nitrogen and oxygen atoms in total. The summed E-state index contributed by atoms with van der Waals surface area (Å²) in [5, 5.41) is 13.3. The van der Waals surface area contributed by atoms with Crippen molar-refractivity contribution in [3.8, 4) is 34.5 Å². The van der Waals surface area contributed by atoms with Crippen molar-refractivity contribution in [2.45, 2.75) is 71.8 Å². The van der Waals surface area contributed by atoms with E-state index in [9.17, 15) is 24.3 Å². The summed E-state index contributed by atoms with van der Waals surface area (Å²) in [6, 6.07) is 18.4. The third-order valence-electron chi connectivity index (χ3n) is 9.75. The number of aromatic nitrogens is 2. The van der Waals surface area contributed by atoms with E-state index in [1.165, 1.54) is 27.2 Å². The number of unbranched alkanes of at least 4 members (excludes halogenated alkanes) is 2. The quantitative estimate of drug-likeness (QED) is 0.0835. The minimum absolute atomic E-state index is 0. The second kappa shape index (κ2) is 22.4. The molecule has 2 aliphatic heterocycles. The fraction of sp³-hybridized carbons (Fsp3) is 0.364. The van der Waals surface area contributed by atoms with Crippen LogP contribution in [0.15, 0.2) is 81.0 Å². The Hall–Kier alpha value is -5.04. The molecule has 0 fully saturated rings. The number of esters is 1. The van der Waals surface area contributed by atoms with Gasteiger partial charge in [-0.3, -0.25) is 9.59 Å². The number of nitrogens with zero attached hydrogens (tertiary/aromatic N) is 2. The number of aromatic carboxylic acids is 1. The molecule has 62 heavy (non-hydrogen) atoms. The van der Waals surface area contributed by atoms with Gasteiger partial charge in [0.15, 0.2) is 35.2 Å². The minimum Gasteiger partial charge on any atom is -0.870 e. The third kappa shape index (κ3) is 10.4. The zero-order valence-corrected chi connectivity index (χ0v) is 38.6. The van der Waals surface area contributed by atoms with E-state index in [-0.39, 0.29) is 95.1 Å². The summed E-state index contributed by atoms with van der Waals surface area (Å²) in [5.41, 5.74) is 0.513. The predicted octanol–water partition coefficient (Wildman–Crippen LogP) is 4.87. The van der Waals surface area contributed by atoms with Crippen molar-refractivity contribution in [2.24, 2.45) is 0 Å². The second-order valence-corrected chi connectivity index (χ2v) is 15.8. The van der Waals surface area contributed by atoms with E-state index in [0.29, 0.717) is 69.9 Å². The van der Waals surface area contributed by atoms with E-state index in [2.05, 4.69) is 0 Å². The zero-order chi connectivity index (χ0) is 42.2. The number of carbonyl (C=O) groups is 2. The van der Waals surface area contributed by atoms with Crippen LogP contribution in [0.3, 0.4) is 0 Å². The largest absolute Gasteiger partial charge is 1.00 e. The van der Waals surface area contributed by atoms with E-state index in [4.69, 9.17) is 33.2 Å². The number of carboxylic acid groups (broad SMARTS) is 1. The Morgan fingerprint density at radius 1 is 0.694 bits per heavy atom. The molecule has 0 bridgehead atoms. The van der Waals surface area contributed by atoms with Crippen LogP contribution < -0.4 is 69.1 Å². The summed E-state index contributed by atoms with van der Waals surface area (Å²) in [6.45, 7) is 7.75. The maximum absolute atomic E-state index is 13.5. The predicted molar refractivity (Wildman–Crippen MR) is 231 cm³/mol. The molecular weight excluding hydrogens is 852 g/mol. The maximum Gasteiger partial charge on any atom is 1.00 e. The number of pyridine rings is 2. The number of carboxylic acids is 1. The first-order chi connectivity index (χ1) is 29.2. The number of carbonyl (C=O) groups excluding carboxylic acids is 1. The second-order valence-electron chi connectivity index (χ2n) is 13.9. The number of para-hydroxylation sites is 4. The number of thiophene rings is 2. The summed E-state index contributed by atoms with van der Waals surface area (Å²) in [5.74, 6) is 0.846. The van der Waals surface area contributed by atoms with Crippen LogP contribution in [0.5, 0.6) is 34.5 Å². The topological polar surface area (TPSA) is 193 Å². The number of hydrogen-bond donors (Lipinski definition) is 1. The summed E-state index contributed by atoms with van der Waals surface area (Å²) in [6.07, 6.45) is 2.57.